The van der Waals surface area contributed by atoms with Crippen LogP contribution < -0.4 is 5.32 Å². The number of halogens is 2. The standard InChI is InChI=1S/C20H14ClFN2O3/c21-14-6-13(7-15(22)8-14)16-9-17(20(26)24-10-18(25)23-11-24)27-19(16)12-4-2-1-3-5-12/h1-9H,10-11H2,(H,23,25). The van der Waals surface area contributed by atoms with Crippen LogP contribution in [0, 0.1) is 5.82 Å². The quantitative estimate of drug-likeness (QED) is 0.744. The molecule has 1 fully saturated rings. The van der Waals surface area contributed by atoms with Crippen molar-refractivity contribution < 1.29 is 18.4 Å². The number of amides is 2. The minimum Gasteiger partial charge on any atom is -0.450 e. The van der Waals surface area contributed by atoms with Crippen LogP contribution in [0.15, 0.2) is 59.0 Å². The van der Waals surface area contributed by atoms with Gasteiger partial charge in [0, 0.05) is 16.1 Å². The van der Waals surface area contributed by atoms with E-state index in [1.807, 2.05) is 30.3 Å². The van der Waals surface area contributed by atoms with Crippen molar-refractivity contribution in [2.45, 2.75) is 0 Å². The van der Waals surface area contributed by atoms with E-state index in [2.05, 4.69) is 5.32 Å². The van der Waals surface area contributed by atoms with Gasteiger partial charge in [-0.15, -0.1) is 0 Å². The summed E-state index contributed by atoms with van der Waals surface area (Å²) in [6.45, 7) is 0.0987. The fraction of sp³-hybridized carbons (Fsp3) is 0.100. The number of carbonyl (C=O) groups excluding carboxylic acids is 2. The second kappa shape index (κ2) is 6.89. The van der Waals surface area contributed by atoms with E-state index in [0.717, 1.165) is 5.56 Å². The van der Waals surface area contributed by atoms with Gasteiger partial charge in [-0.3, -0.25) is 9.59 Å². The Bertz CT molecular complexity index is 1010. The molecule has 27 heavy (non-hydrogen) atoms. The highest BCUT2D eigenvalue weighted by molar-refractivity contribution is 6.30. The number of furan rings is 1. The first-order valence-corrected chi connectivity index (χ1v) is 8.61. The molecular formula is C20H14ClFN2O3. The summed E-state index contributed by atoms with van der Waals surface area (Å²) in [7, 11) is 0. The Balaban J connectivity index is 1.82. The van der Waals surface area contributed by atoms with Gasteiger partial charge in [-0.05, 0) is 29.8 Å². The molecule has 2 heterocycles. The topological polar surface area (TPSA) is 62.6 Å². The SMILES string of the molecule is O=C1CN(C(=O)c2cc(-c3cc(F)cc(Cl)c3)c(-c3ccccc3)o2)CN1. The van der Waals surface area contributed by atoms with Gasteiger partial charge in [0.2, 0.25) is 5.91 Å². The monoisotopic (exact) mass is 384 g/mol. The van der Waals surface area contributed by atoms with E-state index in [1.54, 1.807) is 12.1 Å². The first-order valence-electron chi connectivity index (χ1n) is 8.23. The van der Waals surface area contributed by atoms with Gasteiger partial charge in [0.15, 0.2) is 5.76 Å². The highest BCUT2D eigenvalue weighted by Gasteiger charge is 2.28. The summed E-state index contributed by atoms with van der Waals surface area (Å²) >= 11 is 6.00. The number of carbonyl (C=O) groups is 2. The summed E-state index contributed by atoms with van der Waals surface area (Å²) in [4.78, 5) is 25.4. The van der Waals surface area contributed by atoms with Crippen LogP contribution in [0.5, 0.6) is 0 Å². The number of nitrogens with zero attached hydrogens (tertiary/aromatic N) is 1. The van der Waals surface area contributed by atoms with E-state index in [4.69, 9.17) is 16.0 Å². The van der Waals surface area contributed by atoms with Crippen molar-refractivity contribution in [2.24, 2.45) is 0 Å². The van der Waals surface area contributed by atoms with E-state index in [1.165, 1.54) is 17.0 Å². The lowest BCUT2D eigenvalue weighted by Gasteiger charge is -2.10. The van der Waals surface area contributed by atoms with Crippen molar-refractivity contribution in [1.82, 2.24) is 10.2 Å². The van der Waals surface area contributed by atoms with Gasteiger partial charge < -0.3 is 14.6 Å². The average Bonchev–Trinajstić information content (AvgIpc) is 3.28. The lowest BCUT2D eigenvalue weighted by Crippen LogP contribution is -2.29. The maximum absolute atomic E-state index is 13.9. The van der Waals surface area contributed by atoms with Crippen molar-refractivity contribution in [3.8, 4) is 22.5 Å². The molecule has 1 aliphatic heterocycles. The molecule has 2 amide bonds. The summed E-state index contributed by atoms with van der Waals surface area (Å²) in [5.41, 5.74) is 1.78. The van der Waals surface area contributed by atoms with Crippen LogP contribution in [0.4, 0.5) is 4.39 Å². The smallest absolute Gasteiger partial charge is 0.291 e. The molecule has 7 heteroatoms. The molecule has 0 bridgehead atoms. The van der Waals surface area contributed by atoms with Crippen LogP contribution in [0.1, 0.15) is 10.6 Å². The molecule has 1 N–H and O–H groups in total. The molecule has 1 aromatic heterocycles. The van der Waals surface area contributed by atoms with Gasteiger partial charge in [-0.25, -0.2) is 4.39 Å². The number of nitrogens with one attached hydrogen (secondary N) is 1. The molecule has 136 valence electrons. The van der Waals surface area contributed by atoms with Crippen LogP contribution in [-0.4, -0.2) is 29.9 Å². The van der Waals surface area contributed by atoms with Gasteiger partial charge in [0.25, 0.3) is 5.91 Å². The maximum Gasteiger partial charge on any atom is 0.291 e. The molecule has 1 aliphatic rings. The Morgan fingerprint density at radius 1 is 1.11 bits per heavy atom. The normalized spacial score (nSPS) is 13.7. The molecule has 3 aromatic rings. The fourth-order valence-electron chi connectivity index (χ4n) is 2.99. The number of benzene rings is 2. The molecule has 4 rings (SSSR count). The van der Waals surface area contributed by atoms with Crippen LogP contribution in [-0.2, 0) is 4.79 Å². The molecule has 5 nitrogen and oxygen atoms in total. The fourth-order valence-corrected chi connectivity index (χ4v) is 3.21. The third-order valence-electron chi connectivity index (χ3n) is 4.24. The van der Waals surface area contributed by atoms with E-state index in [0.29, 0.717) is 16.9 Å². The Morgan fingerprint density at radius 2 is 1.89 bits per heavy atom. The number of hydrogen-bond donors (Lipinski definition) is 1. The average molecular weight is 385 g/mol. The lowest BCUT2D eigenvalue weighted by molar-refractivity contribution is -0.118. The van der Waals surface area contributed by atoms with Gasteiger partial charge >= 0.3 is 0 Å². The zero-order valence-corrected chi connectivity index (χ0v) is 14.8. The third-order valence-corrected chi connectivity index (χ3v) is 4.46. The second-order valence-corrected chi connectivity index (χ2v) is 6.58. The second-order valence-electron chi connectivity index (χ2n) is 6.14. The van der Waals surface area contributed by atoms with Crippen molar-refractivity contribution >= 4 is 23.4 Å². The van der Waals surface area contributed by atoms with E-state index in [9.17, 15) is 14.0 Å². The predicted octanol–water partition coefficient (Wildman–Crippen LogP) is 3.94. The molecule has 0 unspecified atom stereocenters. The molecule has 0 saturated carbocycles. The summed E-state index contributed by atoms with van der Waals surface area (Å²) in [6.07, 6.45) is 0. The summed E-state index contributed by atoms with van der Waals surface area (Å²) in [5, 5.41) is 2.82. The van der Waals surface area contributed by atoms with Gasteiger partial charge in [-0.2, -0.15) is 0 Å². The van der Waals surface area contributed by atoms with Gasteiger partial charge in [0.05, 0.1) is 6.67 Å². The summed E-state index contributed by atoms with van der Waals surface area (Å²) < 4.78 is 19.7. The maximum atomic E-state index is 13.9. The predicted molar refractivity (Wildman–Crippen MR) is 98.6 cm³/mol. The van der Waals surface area contributed by atoms with E-state index < -0.39 is 11.7 Å². The van der Waals surface area contributed by atoms with Gasteiger partial charge in [0.1, 0.15) is 18.1 Å². The zero-order chi connectivity index (χ0) is 19.0. The van der Waals surface area contributed by atoms with Gasteiger partial charge in [-0.1, -0.05) is 41.9 Å². The van der Waals surface area contributed by atoms with Crippen LogP contribution in [0.25, 0.3) is 22.5 Å². The van der Waals surface area contributed by atoms with E-state index in [-0.39, 0.29) is 29.9 Å². The molecule has 0 atom stereocenters. The first kappa shape index (κ1) is 17.3. The molecule has 1 saturated heterocycles. The molecular weight excluding hydrogens is 371 g/mol. The van der Waals surface area contributed by atoms with Crippen molar-refractivity contribution in [1.29, 1.82) is 0 Å². The van der Waals surface area contributed by atoms with Crippen molar-refractivity contribution in [3.05, 3.63) is 71.2 Å². The molecule has 0 radical (unpaired) electrons. The third kappa shape index (κ3) is 3.44. The minimum absolute atomic E-state index is 0.0265. The molecule has 2 aromatic carbocycles. The van der Waals surface area contributed by atoms with E-state index >= 15 is 0 Å². The Morgan fingerprint density at radius 3 is 2.56 bits per heavy atom. The van der Waals surface area contributed by atoms with Crippen LogP contribution in [0.2, 0.25) is 5.02 Å². The van der Waals surface area contributed by atoms with Crippen LogP contribution in [0.3, 0.4) is 0 Å². The number of hydrogen-bond acceptors (Lipinski definition) is 3. The summed E-state index contributed by atoms with van der Waals surface area (Å²) in [5.74, 6) is -0.630. The van der Waals surface area contributed by atoms with Crippen molar-refractivity contribution in [3.63, 3.8) is 0 Å². The van der Waals surface area contributed by atoms with Crippen LogP contribution >= 0.6 is 11.6 Å². The zero-order valence-electron chi connectivity index (χ0n) is 14.0. The van der Waals surface area contributed by atoms with Crippen molar-refractivity contribution in [2.75, 3.05) is 13.2 Å². The Labute approximate surface area is 159 Å². The minimum atomic E-state index is -0.486. The summed E-state index contributed by atoms with van der Waals surface area (Å²) in [6, 6.07) is 14.9. The highest BCUT2D eigenvalue weighted by Crippen LogP contribution is 2.37. The first-order chi connectivity index (χ1) is 13.0. The lowest BCUT2D eigenvalue weighted by atomic mass is 10.0. The highest BCUT2D eigenvalue weighted by atomic mass is 35.5. The molecule has 0 spiro atoms. The Hall–Kier alpha value is -3.12. The molecule has 0 aliphatic carbocycles. The largest absolute Gasteiger partial charge is 0.450 e. The Kier molecular flexibility index (Phi) is 4.41. The number of rotatable bonds is 3.